The Morgan fingerprint density at radius 3 is 2.33 bits per heavy atom. The molecule has 0 aliphatic heterocycles. The molecule has 0 unspecified atom stereocenters. The molecule has 0 aliphatic rings. The number of anilines is 1. The summed E-state index contributed by atoms with van der Waals surface area (Å²) in [5.74, 6) is 0. The molecule has 0 bridgehead atoms. The van der Waals surface area contributed by atoms with Gasteiger partial charge in [0.2, 0.25) is 0 Å². The molecule has 76 valence electrons. The van der Waals surface area contributed by atoms with Gasteiger partial charge in [0, 0.05) is 6.07 Å². The van der Waals surface area contributed by atoms with Gasteiger partial charge in [-0.05, 0) is 16.8 Å². The Morgan fingerprint density at radius 1 is 1.20 bits per heavy atom. The fourth-order valence-electron chi connectivity index (χ4n) is 1.47. The molecule has 0 amide bonds. The molecular formula is C10H8N2O2S. The molecule has 15 heavy (non-hydrogen) atoms. The number of rotatable bonds is 2. The van der Waals surface area contributed by atoms with Gasteiger partial charge in [-0.15, -0.1) is 0 Å². The van der Waals surface area contributed by atoms with Crippen molar-refractivity contribution in [2.24, 2.45) is 0 Å². The van der Waals surface area contributed by atoms with Gasteiger partial charge in [0.1, 0.15) is 5.69 Å². The number of nitro groups is 1. The molecule has 0 radical (unpaired) electrons. The summed E-state index contributed by atoms with van der Waals surface area (Å²) >= 11 is 3.85. The first-order chi connectivity index (χ1) is 7.22. The van der Waals surface area contributed by atoms with Crippen molar-refractivity contribution in [3.63, 3.8) is 0 Å². The third kappa shape index (κ3) is 1.73. The van der Waals surface area contributed by atoms with E-state index < -0.39 is 4.92 Å². The molecule has 5 heteroatoms. The minimum absolute atomic E-state index is 0.0312. The number of nitrogens with one attached hydrogen (secondary N) is 1. The predicted octanol–water partition coefficient (Wildman–Crippen LogP) is 3.00. The summed E-state index contributed by atoms with van der Waals surface area (Å²) in [4.78, 5) is 10.3. The molecule has 4 nitrogen and oxygen atoms in total. The molecule has 0 aromatic heterocycles. The molecule has 0 spiro atoms. The summed E-state index contributed by atoms with van der Waals surface area (Å²) in [6.45, 7) is 0. The maximum atomic E-state index is 10.8. The van der Waals surface area contributed by atoms with Crippen LogP contribution in [0.25, 0.3) is 10.8 Å². The quantitative estimate of drug-likeness (QED) is 0.464. The Balaban J connectivity index is 2.74. The molecular weight excluding hydrogens is 212 g/mol. The number of benzene rings is 2. The Hall–Kier alpha value is -1.75. The Morgan fingerprint density at radius 2 is 1.80 bits per heavy atom. The maximum Gasteiger partial charge on any atom is 0.293 e. The largest absolute Gasteiger partial charge is 0.327 e. The fraction of sp³-hybridized carbons (Fsp3) is 0. The van der Waals surface area contributed by atoms with Crippen LogP contribution in [0.1, 0.15) is 0 Å². The van der Waals surface area contributed by atoms with Crippen molar-refractivity contribution in [2.75, 3.05) is 4.72 Å². The van der Waals surface area contributed by atoms with Crippen molar-refractivity contribution in [3.05, 3.63) is 46.5 Å². The third-order valence-corrected chi connectivity index (χ3v) is 2.42. The van der Waals surface area contributed by atoms with Crippen molar-refractivity contribution in [1.82, 2.24) is 0 Å². The summed E-state index contributed by atoms with van der Waals surface area (Å²) < 4.78 is 2.52. The van der Waals surface area contributed by atoms with Crippen LogP contribution in [0.2, 0.25) is 0 Å². The van der Waals surface area contributed by atoms with E-state index >= 15 is 0 Å². The van der Waals surface area contributed by atoms with Crippen LogP contribution < -0.4 is 4.72 Å². The highest BCUT2D eigenvalue weighted by Crippen LogP contribution is 2.30. The summed E-state index contributed by atoms with van der Waals surface area (Å²) in [5, 5.41) is 12.5. The minimum Gasteiger partial charge on any atom is -0.327 e. The van der Waals surface area contributed by atoms with Crippen molar-refractivity contribution in [1.29, 1.82) is 0 Å². The van der Waals surface area contributed by atoms with Crippen LogP contribution in [0, 0.1) is 10.1 Å². The van der Waals surface area contributed by atoms with E-state index in [-0.39, 0.29) is 5.69 Å². The zero-order chi connectivity index (χ0) is 10.8. The smallest absolute Gasteiger partial charge is 0.293 e. The topological polar surface area (TPSA) is 55.2 Å². The number of fused-ring (bicyclic) bond motifs is 1. The molecule has 0 saturated heterocycles. The highest BCUT2D eigenvalue weighted by molar-refractivity contribution is 7.81. The fourth-order valence-corrected chi connectivity index (χ4v) is 1.65. The highest BCUT2D eigenvalue weighted by atomic mass is 32.1. The van der Waals surface area contributed by atoms with Crippen molar-refractivity contribution in [2.45, 2.75) is 0 Å². The molecule has 0 aliphatic carbocycles. The minimum atomic E-state index is -0.426. The van der Waals surface area contributed by atoms with Crippen molar-refractivity contribution >= 4 is 35.0 Å². The van der Waals surface area contributed by atoms with Gasteiger partial charge in [-0.3, -0.25) is 10.1 Å². The second kappa shape index (κ2) is 3.78. The Kier molecular flexibility index (Phi) is 2.47. The number of hydrogen-bond donors (Lipinski definition) is 2. The highest BCUT2D eigenvalue weighted by Gasteiger charge is 2.13. The molecule has 0 heterocycles. The van der Waals surface area contributed by atoms with Gasteiger partial charge >= 0.3 is 0 Å². The lowest BCUT2D eigenvalue weighted by Gasteiger charge is -2.03. The van der Waals surface area contributed by atoms with Crippen LogP contribution in [-0.2, 0) is 0 Å². The third-order valence-electron chi connectivity index (χ3n) is 2.18. The zero-order valence-electron chi connectivity index (χ0n) is 7.68. The van der Waals surface area contributed by atoms with E-state index in [0.717, 1.165) is 10.8 Å². The van der Waals surface area contributed by atoms with Gasteiger partial charge in [-0.2, -0.15) is 0 Å². The SMILES string of the molecule is O=[N+]([O-])c1cc2ccccc2cc1NS. The van der Waals surface area contributed by atoms with E-state index in [1.807, 2.05) is 24.3 Å². The molecule has 2 rings (SSSR count). The van der Waals surface area contributed by atoms with Crippen LogP contribution >= 0.6 is 12.8 Å². The molecule has 2 aromatic carbocycles. The van der Waals surface area contributed by atoms with Gasteiger partial charge in [-0.1, -0.05) is 37.1 Å². The van der Waals surface area contributed by atoms with Crippen molar-refractivity contribution < 1.29 is 4.92 Å². The lowest BCUT2D eigenvalue weighted by Crippen LogP contribution is -1.93. The van der Waals surface area contributed by atoms with E-state index in [9.17, 15) is 10.1 Å². The second-order valence-corrected chi connectivity index (χ2v) is 3.31. The predicted molar refractivity (Wildman–Crippen MR) is 63.2 cm³/mol. The van der Waals surface area contributed by atoms with Gasteiger partial charge in [0.25, 0.3) is 5.69 Å². The maximum absolute atomic E-state index is 10.8. The van der Waals surface area contributed by atoms with Crippen LogP contribution in [-0.4, -0.2) is 4.92 Å². The van der Waals surface area contributed by atoms with Crippen LogP contribution in [0.3, 0.4) is 0 Å². The first-order valence-electron chi connectivity index (χ1n) is 4.29. The van der Waals surface area contributed by atoms with Crippen molar-refractivity contribution in [3.8, 4) is 0 Å². The first-order valence-corrected chi connectivity index (χ1v) is 4.74. The number of hydrogen-bond acceptors (Lipinski definition) is 4. The van der Waals surface area contributed by atoms with Gasteiger partial charge in [0.05, 0.1) is 4.92 Å². The van der Waals surface area contributed by atoms with E-state index in [1.165, 1.54) is 6.07 Å². The summed E-state index contributed by atoms with van der Waals surface area (Å²) in [6.07, 6.45) is 0. The Labute approximate surface area is 91.6 Å². The molecule has 1 N–H and O–H groups in total. The van der Waals surface area contributed by atoms with Gasteiger partial charge in [-0.25, -0.2) is 0 Å². The van der Waals surface area contributed by atoms with Crippen LogP contribution in [0.15, 0.2) is 36.4 Å². The zero-order valence-corrected chi connectivity index (χ0v) is 8.57. The number of nitro benzene ring substituents is 1. The number of thiol groups is 1. The summed E-state index contributed by atoms with van der Waals surface area (Å²) in [7, 11) is 0. The average molecular weight is 220 g/mol. The second-order valence-electron chi connectivity index (χ2n) is 3.09. The van der Waals surface area contributed by atoms with E-state index in [0.29, 0.717) is 5.69 Å². The molecule has 2 aromatic rings. The van der Waals surface area contributed by atoms with E-state index in [2.05, 4.69) is 17.5 Å². The lowest BCUT2D eigenvalue weighted by molar-refractivity contribution is -0.383. The summed E-state index contributed by atoms with van der Waals surface area (Å²) in [5.41, 5.74) is 0.436. The molecule has 0 saturated carbocycles. The number of nitrogens with zero attached hydrogens (tertiary/aromatic N) is 1. The Bertz CT molecular complexity index is 528. The monoisotopic (exact) mass is 220 g/mol. The first kappa shape index (κ1) is 9.79. The lowest BCUT2D eigenvalue weighted by atomic mass is 10.1. The van der Waals surface area contributed by atoms with E-state index in [1.54, 1.807) is 6.07 Å². The van der Waals surface area contributed by atoms with Gasteiger partial charge < -0.3 is 4.72 Å². The van der Waals surface area contributed by atoms with E-state index in [4.69, 9.17) is 0 Å². The standard InChI is InChI=1S/C10H8N2O2S/c13-12(14)10-6-8-4-2-1-3-7(8)5-9(10)11-15/h1-6,11,15H. The normalized spacial score (nSPS) is 10.2. The average Bonchev–Trinajstić information content (AvgIpc) is 2.27. The van der Waals surface area contributed by atoms with Crippen LogP contribution in [0.5, 0.6) is 0 Å². The molecule has 0 atom stereocenters. The molecule has 0 fully saturated rings. The van der Waals surface area contributed by atoms with Gasteiger partial charge in [0.15, 0.2) is 0 Å². The summed E-state index contributed by atoms with van der Waals surface area (Å²) in [6, 6.07) is 10.7. The van der Waals surface area contributed by atoms with Crippen LogP contribution in [0.4, 0.5) is 11.4 Å².